The Labute approximate surface area is 355 Å². The average molecular weight is 965 g/mol. The number of hydrogen-bond acceptors (Lipinski definition) is 6. The fraction of sp³-hybridized carbons (Fsp3) is 0.700. The van der Waals surface area contributed by atoms with Gasteiger partial charge < -0.3 is 79.2 Å². The smallest absolute Gasteiger partial charge is 0.693 e. The SMILES string of the molecule is C1=CC(C2CCNCC2)=CCN1.C1CC(C2CCNCC2)CCN1.O.O.O.O.[Cu+2].[Cu+2].[Cu+2].[Cu+2].[Cu+2].[NH2-].[NH2-].[NH2-].[NH2-].[NH2-].c1cc(C2CCNCC2)ccn1. The van der Waals surface area contributed by atoms with E-state index < -0.39 is 0 Å². The molecule has 4 fully saturated rings. The molecule has 5 aliphatic rings. The Morgan fingerprint density at radius 1 is 0.480 bits per heavy atom. The summed E-state index contributed by atoms with van der Waals surface area (Å²) in [6, 6.07) is 4.27. The van der Waals surface area contributed by atoms with E-state index >= 15 is 0 Å². The average Bonchev–Trinajstić information content (AvgIpc) is 3.01. The molecule has 0 aromatic carbocycles. The maximum Gasteiger partial charge on any atom is 2.00 e. The monoisotopic (exact) mass is 961 g/mol. The van der Waals surface area contributed by atoms with E-state index in [2.05, 4.69) is 62.1 Å². The van der Waals surface area contributed by atoms with Crippen molar-refractivity contribution in [3.05, 3.63) is 84.8 Å². The largest absolute Gasteiger partial charge is 2.00 e. The third-order valence-electron chi connectivity index (χ3n) is 8.61. The molecule has 1 aromatic rings. The van der Waals surface area contributed by atoms with Crippen LogP contribution in [-0.4, -0.2) is 85.8 Å². The Morgan fingerprint density at radius 2 is 0.820 bits per heavy atom. The van der Waals surface area contributed by atoms with Gasteiger partial charge in [-0.2, -0.15) is 0 Å². The number of nitrogens with one attached hydrogen (secondary N) is 5. The van der Waals surface area contributed by atoms with E-state index in [1.165, 1.54) is 102 Å². The minimum Gasteiger partial charge on any atom is -0.693 e. The molecule has 1 aromatic heterocycles. The van der Waals surface area contributed by atoms with Crippen molar-refractivity contribution < 1.29 is 107 Å². The van der Waals surface area contributed by atoms with E-state index in [1.54, 1.807) is 0 Å². The van der Waals surface area contributed by atoms with Gasteiger partial charge in [0.25, 0.3) is 0 Å². The number of hydrogen-bond donors (Lipinski definition) is 5. The zero-order valence-corrected chi connectivity index (χ0v) is 33.4. The van der Waals surface area contributed by atoms with E-state index in [-0.39, 0.29) is 138 Å². The van der Waals surface area contributed by atoms with Crippen LogP contribution in [0, 0.1) is 17.8 Å². The first-order chi connectivity index (χ1) is 17.9. The summed E-state index contributed by atoms with van der Waals surface area (Å²) in [5, 5.41) is 16.8. The molecule has 6 heterocycles. The zero-order chi connectivity index (χ0) is 24.7. The van der Waals surface area contributed by atoms with Crippen molar-refractivity contribution in [1.82, 2.24) is 31.6 Å². The summed E-state index contributed by atoms with van der Waals surface area (Å²) in [4.78, 5) is 4.02. The molecule has 5 aliphatic heterocycles. The Kier molecular flexibility index (Phi) is 78.5. The van der Waals surface area contributed by atoms with Crippen molar-refractivity contribution in [2.75, 3.05) is 58.9 Å². The molecule has 0 atom stereocenters. The molecule has 4 saturated heterocycles. The maximum atomic E-state index is 4.02. The van der Waals surface area contributed by atoms with Gasteiger partial charge in [0.15, 0.2) is 0 Å². The molecule has 6 rings (SSSR count). The van der Waals surface area contributed by atoms with Gasteiger partial charge in [0.05, 0.1) is 0 Å². The van der Waals surface area contributed by atoms with Gasteiger partial charge in [-0.3, -0.25) is 4.98 Å². The molecule has 50 heavy (non-hydrogen) atoms. The third kappa shape index (κ3) is 29.9. The minimum absolute atomic E-state index is 0. The van der Waals surface area contributed by atoms with Crippen molar-refractivity contribution in [3.63, 3.8) is 0 Å². The van der Waals surface area contributed by atoms with Crippen LogP contribution in [0.4, 0.5) is 0 Å². The zero-order valence-electron chi connectivity index (χ0n) is 28.7. The van der Waals surface area contributed by atoms with Crippen molar-refractivity contribution in [1.29, 1.82) is 0 Å². The summed E-state index contributed by atoms with van der Waals surface area (Å²) in [6.45, 7) is 10.7. The van der Waals surface area contributed by atoms with Crippen LogP contribution in [0.5, 0.6) is 0 Å². The van der Waals surface area contributed by atoms with E-state index in [9.17, 15) is 0 Å². The number of rotatable bonds is 3. The summed E-state index contributed by atoms with van der Waals surface area (Å²) >= 11 is 0. The van der Waals surface area contributed by atoms with Crippen LogP contribution in [0.2, 0.25) is 0 Å². The number of piperidine rings is 4. The van der Waals surface area contributed by atoms with Crippen molar-refractivity contribution in [3.8, 4) is 0 Å². The predicted octanol–water partition coefficient (Wildman–Crippen LogP) is 3.84. The van der Waals surface area contributed by atoms with Crippen molar-refractivity contribution in [2.24, 2.45) is 17.8 Å². The summed E-state index contributed by atoms with van der Waals surface area (Å²) in [5.74, 6) is 3.64. The van der Waals surface area contributed by atoms with Crippen LogP contribution in [0.1, 0.15) is 62.8 Å². The Bertz CT molecular complexity index is 793. The van der Waals surface area contributed by atoms with Crippen LogP contribution in [0.25, 0.3) is 30.8 Å². The molecule has 0 amide bonds. The van der Waals surface area contributed by atoms with Crippen LogP contribution in [0.15, 0.2) is 48.5 Å². The molecular weight excluding hydrogens is 896 g/mol. The van der Waals surface area contributed by atoms with Gasteiger partial charge in [0.2, 0.25) is 0 Å². The van der Waals surface area contributed by atoms with E-state index in [1.807, 2.05) is 12.4 Å². The first-order valence-electron chi connectivity index (χ1n) is 14.7. The van der Waals surface area contributed by atoms with Gasteiger partial charge in [-0.1, -0.05) is 6.08 Å². The number of nitrogens with zero attached hydrogens (tertiary/aromatic N) is 1. The Morgan fingerprint density at radius 3 is 1.16 bits per heavy atom. The second-order valence-electron chi connectivity index (χ2n) is 10.9. The van der Waals surface area contributed by atoms with E-state index in [0.717, 1.165) is 43.3 Å². The normalized spacial score (nSPS) is 17.6. The number of nitrogens with two attached hydrogens (primary N) is 5. The summed E-state index contributed by atoms with van der Waals surface area (Å²) in [6.07, 6.45) is 21.2. The second-order valence-corrected chi connectivity index (χ2v) is 10.9. The molecule has 0 bridgehead atoms. The predicted molar refractivity (Wildman–Crippen MR) is 192 cm³/mol. The molecule has 0 spiro atoms. The van der Waals surface area contributed by atoms with Gasteiger partial charge in [-0.25, -0.2) is 0 Å². The Hall–Kier alpha value is 0.507. The fourth-order valence-corrected chi connectivity index (χ4v) is 6.35. The standard InChI is InChI=1S/C10H20N2.C10H16N2.C10H14N2.5Cu.5H2N.4H2O/c3*1-5-11-6-2-9(1)10-3-7-12-8-4-10;;;;;;;;;;;;;;/h9-12H,1-8H2;1-2,5,10-12H,3-4,6-8H2;1-2,5-6,10,12H,3-4,7-8H2;;;;;;9*1H2/q;;;5*+2;5*-1;;;;. The minimum atomic E-state index is 0. The molecule has 15 nitrogen and oxygen atoms in total. The van der Waals surface area contributed by atoms with Crippen molar-refractivity contribution >= 4 is 0 Å². The molecule has 317 valence electrons. The van der Waals surface area contributed by atoms with Gasteiger partial charge in [0.1, 0.15) is 0 Å². The first kappa shape index (κ1) is 79.3. The fourth-order valence-electron chi connectivity index (χ4n) is 6.35. The van der Waals surface area contributed by atoms with Gasteiger partial charge in [-0.05, 0) is 163 Å². The molecule has 5 radical (unpaired) electrons. The third-order valence-corrected chi connectivity index (χ3v) is 8.61. The molecule has 23 N–H and O–H groups in total. The molecule has 0 unspecified atom stereocenters. The summed E-state index contributed by atoms with van der Waals surface area (Å²) < 4.78 is 0. The second kappa shape index (κ2) is 49.5. The Balaban J connectivity index is -0.0000000445. The molecule has 0 aliphatic carbocycles. The van der Waals surface area contributed by atoms with Crippen LogP contribution in [0.3, 0.4) is 0 Å². The number of allylic oxidation sites excluding steroid dienone is 2. The van der Waals surface area contributed by atoms with Gasteiger partial charge in [0, 0.05) is 18.9 Å². The first-order valence-corrected chi connectivity index (χ1v) is 14.7. The summed E-state index contributed by atoms with van der Waals surface area (Å²) in [7, 11) is 0. The van der Waals surface area contributed by atoms with Gasteiger partial charge >= 0.3 is 85.3 Å². The molecule has 0 saturated carbocycles. The number of aromatic nitrogens is 1. The topological polar surface area (TPSA) is 367 Å². The van der Waals surface area contributed by atoms with Gasteiger partial charge in [-0.15, -0.1) is 0 Å². The number of dihydropyridines is 1. The van der Waals surface area contributed by atoms with Crippen LogP contribution in [-0.2, 0) is 85.3 Å². The van der Waals surface area contributed by atoms with Crippen LogP contribution < -0.4 is 26.6 Å². The number of pyridine rings is 1. The molecule has 20 heteroatoms. The van der Waals surface area contributed by atoms with E-state index in [0.29, 0.717) is 0 Å². The van der Waals surface area contributed by atoms with Crippen molar-refractivity contribution in [2.45, 2.75) is 57.3 Å². The molecular formula is C30H68Cu5N11O4+5. The van der Waals surface area contributed by atoms with Crippen LogP contribution >= 0.6 is 0 Å². The quantitative estimate of drug-likeness (QED) is 0.280. The maximum absolute atomic E-state index is 4.02. The van der Waals surface area contributed by atoms with E-state index in [4.69, 9.17) is 0 Å². The summed E-state index contributed by atoms with van der Waals surface area (Å²) in [5.41, 5.74) is 2.99.